The summed E-state index contributed by atoms with van der Waals surface area (Å²) in [6, 6.07) is 3.20. The van der Waals surface area contributed by atoms with E-state index in [-0.39, 0.29) is 11.3 Å². The van der Waals surface area contributed by atoms with Gasteiger partial charge in [-0.1, -0.05) is 12.1 Å². The molecule has 0 heterocycles. The summed E-state index contributed by atoms with van der Waals surface area (Å²) in [6.07, 6.45) is -2.88. The minimum absolute atomic E-state index is 0.0827. The topological polar surface area (TPSA) is 83.6 Å². The van der Waals surface area contributed by atoms with E-state index < -0.39 is 24.4 Å². The van der Waals surface area contributed by atoms with Crippen molar-refractivity contribution in [2.45, 2.75) is 18.4 Å². The summed E-state index contributed by atoms with van der Waals surface area (Å²) < 4.78 is 25.4. The fourth-order valence-corrected chi connectivity index (χ4v) is 1.36. The summed E-state index contributed by atoms with van der Waals surface area (Å²) in [4.78, 5) is 10.6. The highest BCUT2D eigenvalue weighted by atomic mass is 19.3. The van der Waals surface area contributed by atoms with E-state index in [0.717, 1.165) is 0 Å². The van der Waals surface area contributed by atoms with Crippen molar-refractivity contribution in [2.24, 2.45) is 5.73 Å². The quantitative estimate of drug-likeness (QED) is 0.725. The zero-order chi connectivity index (χ0) is 12.3. The highest BCUT2D eigenvalue weighted by Crippen LogP contribution is 2.27. The third-order valence-corrected chi connectivity index (χ3v) is 2.22. The standard InChI is InChI=1S/C10H11F2NO3/c11-9(12)7(8(13)10(15)16)5-1-3-6(14)4-2-5/h1-4,7-9,14H,13H2,(H,15,16). The number of nitrogens with two attached hydrogens (primary N) is 1. The third kappa shape index (κ3) is 2.66. The molecule has 0 saturated carbocycles. The van der Waals surface area contributed by atoms with Gasteiger partial charge in [0.1, 0.15) is 11.8 Å². The molecule has 2 unspecified atom stereocenters. The predicted molar refractivity (Wildman–Crippen MR) is 52.5 cm³/mol. The van der Waals surface area contributed by atoms with Gasteiger partial charge in [0.2, 0.25) is 6.43 Å². The molecule has 2 atom stereocenters. The highest BCUT2D eigenvalue weighted by molar-refractivity contribution is 5.74. The average molecular weight is 231 g/mol. The number of carbonyl (C=O) groups is 1. The Balaban J connectivity index is 3.03. The van der Waals surface area contributed by atoms with Crippen LogP contribution in [0.15, 0.2) is 24.3 Å². The molecule has 1 aromatic rings. The largest absolute Gasteiger partial charge is 0.508 e. The molecule has 0 fully saturated rings. The Bertz CT molecular complexity index is 367. The number of alkyl halides is 2. The highest BCUT2D eigenvalue weighted by Gasteiger charge is 2.33. The van der Waals surface area contributed by atoms with Crippen LogP contribution in [0.3, 0.4) is 0 Å². The molecule has 1 rings (SSSR count). The number of hydrogen-bond acceptors (Lipinski definition) is 3. The van der Waals surface area contributed by atoms with Gasteiger partial charge in [0.15, 0.2) is 0 Å². The maximum absolute atomic E-state index is 12.7. The molecule has 1 aromatic carbocycles. The number of hydrogen-bond donors (Lipinski definition) is 3. The van der Waals surface area contributed by atoms with Crippen LogP contribution in [0, 0.1) is 0 Å². The molecule has 0 radical (unpaired) electrons. The van der Waals surface area contributed by atoms with E-state index in [1.54, 1.807) is 0 Å². The van der Waals surface area contributed by atoms with Crippen molar-refractivity contribution in [3.8, 4) is 5.75 Å². The van der Waals surface area contributed by atoms with E-state index in [1.165, 1.54) is 24.3 Å². The van der Waals surface area contributed by atoms with Gasteiger partial charge in [-0.25, -0.2) is 8.78 Å². The molecular weight excluding hydrogens is 220 g/mol. The summed E-state index contributed by atoms with van der Waals surface area (Å²) in [5.41, 5.74) is 5.28. The molecular formula is C10H11F2NO3. The molecule has 0 amide bonds. The Kier molecular flexibility index (Phi) is 3.78. The lowest BCUT2D eigenvalue weighted by molar-refractivity contribution is -0.140. The van der Waals surface area contributed by atoms with Crippen molar-refractivity contribution < 1.29 is 23.8 Å². The number of aromatic hydroxyl groups is 1. The second kappa shape index (κ2) is 4.89. The summed E-state index contributed by atoms with van der Waals surface area (Å²) in [6.45, 7) is 0. The van der Waals surface area contributed by atoms with Gasteiger partial charge in [-0.2, -0.15) is 0 Å². The van der Waals surface area contributed by atoms with Crippen LogP contribution < -0.4 is 5.73 Å². The van der Waals surface area contributed by atoms with E-state index in [1.807, 2.05) is 0 Å². The van der Waals surface area contributed by atoms with Crippen LogP contribution in [0.5, 0.6) is 5.75 Å². The Hall–Kier alpha value is -1.69. The first-order valence-corrected chi connectivity index (χ1v) is 4.49. The second-order valence-electron chi connectivity index (χ2n) is 3.32. The Morgan fingerprint density at radius 1 is 1.25 bits per heavy atom. The van der Waals surface area contributed by atoms with Crippen molar-refractivity contribution in [3.63, 3.8) is 0 Å². The Morgan fingerprint density at radius 3 is 2.12 bits per heavy atom. The number of aliphatic carboxylic acids is 1. The molecule has 4 nitrogen and oxygen atoms in total. The lowest BCUT2D eigenvalue weighted by Gasteiger charge is -2.20. The molecule has 0 aromatic heterocycles. The number of halogens is 2. The first-order valence-electron chi connectivity index (χ1n) is 4.49. The molecule has 0 spiro atoms. The van der Waals surface area contributed by atoms with Crippen LogP contribution in [0.1, 0.15) is 11.5 Å². The van der Waals surface area contributed by atoms with E-state index in [0.29, 0.717) is 0 Å². The van der Waals surface area contributed by atoms with Crippen LogP contribution >= 0.6 is 0 Å². The Morgan fingerprint density at radius 2 is 1.75 bits per heavy atom. The van der Waals surface area contributed by atoms with Gasteiger partial charge >= 0.3 is 5.97 Å². The molecule has 0 saturated heterocycles. The van der Waals surface area contributed by atoms with Gasteiger partial charge < -0.3 is 15.9 Å². The van der Waals surface area contributed by atoms with Crippen molar-refractivity contribution in [1.29, 1.82) is 0 Å². The number of phenolic OH excluding ortho intramolecular Hbond substituents is 1. The monoisotopic (exact) mass is 231 g/mol. The molecule has 0 aliphatic rings. The fourth-order valence-electron chi connectivity index (χ4n) is 1.36. The summed E-state index contributed by atoms with van der Waals surface area (Å²) >= 11 is 0. The van der Waals surface area contributed by atoms with Crippen molar-refractivity contribution >= 4 is 5.97 Å². The zero-order valence-electron chi connectivity index (χ0n) is 8.18. The fraction of sp³-hybridized carbons (Fsp3) is 0.300. The number of carboxylic acids is 1. The van der Waals surface area contributed by atoms with Crippen LogP contribution in [0.2, 0.25) is 0 Å². The third-order valence-electron chi connectivity index (χ3n) is 2.22. The van der Waals surface area contributed by atoms with E-state index in [4.69, 9.17) is 15.9 Å². The average Bonchev–Trinajstić information content (AvgIpc) is 2.20. The molecule has 6 heteroatoms. The lowest BCUT2D eigenvalue weighted by atomic mass is 9.92. The maximum atomic E-state index is 12.7. The molecule has 16 heavy (non-hydrogen) atoms. The van der Waals surface area contributed by atoms with Crippen LogP contribution in [0.25, 0.3) is 0 Å². The predicted octanol–water partition coefficient (Wildman–Crippen LogP) is 1.15. The maximum Gasteiger partial charge on any atom is 0.321 e. The molecule has 0 bridgehead atoms. The zero-order valence-corrected chi connectivity index (χ0v) is 8.18. The summed E-state index contributed by atoms with van der Waals surface area (Å²) in [7, 11) is 0. The smallest absolute Gasteiger partial charge is 0.321 e. The van der Waals surface area contributed by atoms with Gasteiger partial charge in [0.05, 0.1) is 5.92 Å². The second-order valence-corrected chi connectivity index (χ2v) is 3.32. The molecule has 0 aliphatic carbocycles. The molecule has 0 aliphatic heterocycles. The molecule has 4 N–H and O–H groups in total. The van der Waals surface area contributed by atoms with Crippen LogP contribution in [-0.2, 0) is 4.79 Å². The number of carboxylic acid groups (broad SMARTS) is 1. The number of phenols is 1. The van der Waals surface area contributed by atoms with Crippen molar-refractivity contribution in [3.05, 3.63) is 29.8 Å². The van der Waals surface area contributed by atoms with Gasteiger partial charge in [0.25, 0.3) is 0 Å². The van der Waals surface area contributed by atoms with E-state index >= 15 is 0 Å². The van der Waals surface area contributed by atoms with Crippen LogP contribution in [-0.4, -0.2) is 28.6 Å². The van der Waals surface area contributed by atoms with Crippen molar-refractivity contribution in [1.82, 2.24) is 0 Å². The van der Waals surface area contributed by atoms with E-state index in [9.17, 15) is 13.6 Å². The normalized spacial score (nSPS) is 14.8. The first-order chi connectivity index (χ1) is 7.43. The van der Waals surface area contributed by atoms with Gasteiger partial charge in [0, 0.05) is 0 Å². The molecule has 88 valence electrons. The van der Waals surface area contributed by atoms with Gasteiger partial charge in [-0.05, 0) is 17.7 Å². The van der Waals surface area contributed by atoms with Crippen molar-refractivity contribution in [2.75, 3.05) is 0 Å². The number of rotatable bonds is 4. The Labute approximate surface area is 90.3 Å². The van der Waals surface area contributed by atoms with Gasteiger partial charge in [-0.3, -0.25) is 4.79 Å². The summed E-state index contributed by atoms with van der Waals surface area (Å²) in [5.74, 6) is -3.16. The summed E-state index contributed by atoms with van der Waals surface area (Å²) in [5, 5.41) is 17.6. The lowest BCUT2D eigenvalue weighted by Crippen LogP contribution is -2.39. The SMILES string of the molecule is NC(C(=O)O)C(c1ccc(O)cc1)C(F)F. The van der Waals surface area contributed by atoms with E-state index in [2.05, 4.69) is 0 Å². The van der Waals surface area contributed by atoms with Crippen LogP contribution in [0.4, 0.5) is 8.78 Å². The minimum atomic E-state index is -2.88. The minimum Gasteiger partial charge on any atom is -0.508 e. The first kappa shape index (κ1) is 12.4. The van der Waals surface area contributed by atoms with Gasteiger partial charge in [-0.15, -0.1) is 0 Å². The number of benzene rings is 1.